The number of hydrazine groups is 2. The zero-order chi connectivity index (χ0) is 12.2. The van der Waals surface area contributed by atoms with Gasteiger partial charge in [0.25, 0.3) is 0 Å². The maximum absolute atomic E-state index is 3.52. The number of hydrogen-bond acceptors (Lipinski definition) is 3. The second-order valence-electron chi connectivity index (χ2n) is 5.29. The summed E-state index contributed by atoms with van der Waals surface area (Å²) in [6.07, 6.45) is 0. The van der Waals surface area contributed by atoms with E-state index in [1.54, 1.807) is 0 Å². The van der Waals surface area contributed by atoms with Gasteiger partial charge in [0.2, 0.25) is 0 Å². The van der Waals surface area contributed by atoms with Gasteiger partial charge in [0, 0.05) is 24.2 Å². The molecule has 0 aromatic rings. The molecule has 0 aliphatic rings. The predicted octanol–water partition coefficient (Wildman–Crippen LogP) is 2.64. The highest BCUT2D eigenvalue weighted by Crippen LogP contribution is 2.06. The van der Waals surface area contributed by atoms with Crippen molar-refractivity contribution in [2.45, 2.75) is 79.6 Å². The van der Waals surface area contributed by atoms with Crippen molar-refractivity contribution in [2.24, 2.45) is 0 Å². The van der Waals surface area contributed by atoms with Gasteiger partial charge >= 0.3 is 0 Å². The molecule has 0 bridgehead atoms. The Morgan fingerprint density at radius 2 is 0.733 bits per heavy atom. The lowest BCUT2D eigenvalue weighted by Crippen LogP contribution is -2.59. The molecule has 3 nitrogen and oxygen atoms in total. The van der Waals surface area contributed by atoms with E-state index in [2.05, 4.69) is 70.9 Å². The van der Waals surface area contributed by atoms with E-state index in [4.69, 9.17) is 0 Å². The lowest BCUT2D eigenvalue weighted by atomic mass is 10.3. The third kappa shape index (κ3) is 4.96. The van der Waals surface area contributed by atoms with Gasteiger partial charge in [-0.2, -0.15) is 5.53 Å². The molecule has 0 aromatic carbocycles. The van der Waals surface area contributed by atoms with Crippen LogP contribution in [-0.4, -0.2) is 34.2 Å². The standard InChI is InChI=1S/C12H29N3/c1-9(2)14(10(3)4)13-15(11(5)6)12(7)8/h9-13H,1-8H3. The zero-order valence-corrected chi connectivity index (χ0v) is 11.7. The van der Waals surface area contributed by atoms with Crippen LogP contribution in [0.3, 0.4) is 0 Å². The van der Waals surface area contributed by atoms with Gasteiger partial charge in [-0.05, 0) is 55.4 Å². The largest absolute Gasteiger partial charge is 0.226 e. The number of nitrogens with zero attached hydrogens (tertiary/aromatic N) is 2. The van der Waals surface area contributed by atoms with Crippen LogP contribution in [0.5, 0.6) is 0 Å². The van der Waals surface area contributed by atoms with Crippen LogP contribution in [0.25, 0.3) is 0 Å². The van der Waals surface area contributed by atoms with Crippen LogP contribution in [0.15, 0.2) is 0 Å². The molecule has 0 fully saturated rings. The highest BCUT2D eigenvalue weighted by molar-refractivity contribution is 4.67. The van der Waals surface area contributed by atoms with E-state index in [1.807, 2.05) is 0 Å². The Labute approximate surface area is 95.8 Å². The van der Waals surface area contributed by atoms with Crippen molar-refractivity contribution in [1.82, 2.24) is 15.6 Å². The first-order valence-electron chi connectivity index (χ1n) is 6.10. The number of nitrogens with one attached hydrogen (secondary N) is 1. The normalized spacial score (nSPS) is 13.2. The van der Waals surface area contributed by atoms with Crippen molar-refractivity contribution in [2.75, 3.05) is 0 Å². The quantitative estimate of drug-likeness (QED) is 0.687. The van der Waals surface area contributed by atoms with Gasteiger partial charge in [-0.3, -0.25) is 0 Å². The summed E-state index contributed by atoms with van der Waals surface area (Å²) < 4.78 is 0. The topological polar surface area (TPSA) is 18.5 Å². The molecule has 92 valence electrons. The fraction of sp³-hybridized carbons (Fsp3) is 1.00. The molecule has 0 aliphatic carbocycles. The third-order valence-electron chi connectivity index (χ3n) is 2.46. The van der Waals surface area contributed by atoms with Gasteiger partial charge in [0.15, 0.2) is 0 Å². The average Bonchev–Trinajstić information content (AvgIpc) is 2.01. The minimum Gasteiger partial charge on any atom is -0.226 e. The fourth-order valence-corrected chi connectivity index (χ4v) is 1.79. The summed E-state index contributed by atoms with van der Waals surface area (Å²) in [4.78, 5) is 0. The van der Waals surface area contributed by atoms with Crippen LogP contribution < -0.4 is 5.53 Å². The van der Waals surface area contributed by atoms with Crippen LogP contribution >= 0.6 is 0 Å². The Kier molecular flexibility index (Phi) is 6.41. The summed E-state index contributed by atoms with van der Waals surface area (Å²) in [7, 11) is 0. The Morgan fingerprint density at radius 3 is 0.867 bits per heavy atom. The smallest absolute Gasteiger partial charge is 0.0203 e. The molecule has 3 heteroatoms. The molecular formula is C12H29N3. The van der Waals surface area contributed by atoms with Crippen LogP contribution in [0.2, 0.25) is 0 Å². The summed E-state index contributed by atoms with van der Waals surface area (Å²) in [5.74, 6) is 0. The van der Waals surface area contributed by atoms with E-state index in [1.165, 1.54) is 0 Å². The van der Waals surface area contributed by atoms with Crippen molar-refractivity contribution in [3.63, 3.8) is 0 Å². The summed E-state index contributed by atoms with van der Waals surface area (Å²) in [6, 6.07) is 2.02. The first-order valence-corrected chi connectivity index (χ1v) is 6.10. The summed E-state index contributed by atoms with van der Waals surface area (Å²) >= 11 is 0. The lowest BCUT2D eigenvalue weighted by Gasteiger charge is -2.40. The molecule has 0 aliphatic heterocycles. The first kappa shape index (κ1) is 14.9. The molecule has 0 spiro atoms. The van der Waals surface area contributed by atoms with Crippen LogP contribution in [0.4, 0.5) is 0 Å². The molecule has 0 heterocycles. The minimum absolute atomic E-state index is 0.505. The Balaban J connectivity index is 4.48. The van der Waals surface area contributed by atoms with E-state index < -0.39 is 0 Å². The van der Waals surface area contributed by atoms with Crippen molar-refractivity contribution in [1.29, 1.82) is 0 Å². The van der Waals surface area contributed by atoms with Crippen LogP contribution in [-0.2, 0) is 0 Å². The molecule has 0 atom stereocenters. The maximum atomic E-state index is 3.52. The molecule has 0 saturated heterocycles. The Bertz CT molecular complexity index is 130. The summed E-state index contributed by atoms with van der Waals surface area (Å²) in [5.41, 5.74) is 3.52. The SMILES string of the molecule is CC(C)N(NN(C(C)C)C(C)C)C(C)C. The van der Waals surface area contributed by atoms with E-state index in [0.717, 1.165) is 0 Å². The van der Waals surface area contributed by atoms with Crippen LogP contribution in [0, 0.1) is 0 Å². The van der Waals surface area contributed by atoms with Gasteiger partial charge in [0.1, 0.15) is 0 Å². The molecule has 0 aromatic heterocycles. The van der Waals surface area contributed by atoms with Gasteiger partial charge < -0.3 is 0 Å². The maximum Gasteiger partial charge on any atom is 0.0203 e. The van der Waals surface area contributed by atoms with E-state index in [0.29, 0.717) is 24.2 Å². The molecule has 0 rings (SSSR count). The molecule has 0 radical (unpaired) electrons. The summed E-state index contributed by atoms with van der Waals surface area (Å²) in [5, 5.41) is 4.58. The van der Waals surface area contributed by atoms with Gasteiger partial charge in [-0.1, -0.05) is 0 Å². The van der Waals surface area contributed by atoms with Gasteiger partial charge in [-0.15, -0.1) is 0 Å². The Hall–Kier alpha value is -0.120. The van der Waals surface area contributed by atoms with E-state index in [9.17, 15) is 0 Å². The monoisotopic (exact) mass is 215 g/mol. The molecule has 0 saturated carbocycles. The summed E-state index contributed by atoms with van der Waals surface area (Å²) in [6.45, 7) is 17.7. The van der Waals surface area contributed by atoms with Crippen molar-refractivity contribution in [3.8, 4) is 0 Å². The second kappa shape index (κ2) is 6.46. The average molecular weight is 215 g/mol. The highest BCUT2D eigenvalue weighted by Gasteiger charge is 2.20. The van der Waals surface area contributed by atoms with E-state index >= 15 is 0 Å². The van der Waals surface area contributed by atoms with Gasteiger partial charge in [0.05, 0.1) is 0 Å². The Morgan fingerprint density at radius 1 is 0.533 bits per heavy atom. The van der Waals surface area contributed by atoms with Crippen molar-refractivity contribution < 1.29 is 0 Å². The highest BCUT2D eigenvalue weighted by atomic mass is 15.8. The van der Waals surface area contributed by atoms with E-state index in [-0.39, 0.29) is 0 Å². The first-order chi connectivity index (χ1) is 6.77. The van der Waals surface area contributed by atoms with Crippen molar-refractivity contribution in [3.05, 3.63) is 0 Å². The molecule has 15 heavy (non-hydrogen) atoms. The zero-order valence-electron chi connectivity index (χ0n) is 11.7. The van der Waals surface area contributed by atoms with Crippen LogP contribution in [0.1, 0.15) is 55.4 Å². The predicted molar refractivity (Wildman–Crippen MR) is 67.4 cm³/mol. The lowest BCUT2D eigenvalue weighted by molar-refractivity contribution is -0.0544. The molecule has 1 N–H and O–H groups in total. The molecule has 0 amide bonds. The number of hydrogen-bond donors (Lipinski definition) is 1. The van der Waals surface area contributed by atoms with Gasteiger partial charge in [-0.25, -0.2) is 10.0 Å². The fourth-order valence-electron chi connectivity index (χ4n) is 1.79. The second-order valence-corrected chi connectivity index (χ2v) is 5.29. The van der Waals surface area contributed by atoms with Crippen molar-refractivity contribution >= 4 is 0 Å². The third-order valence-corrected chi connectivity index (χ3v) is 2.46. The number of rotatable bonds is 6. The molecule has 0 unspecified atom stereocenters. The minimum atomic E-state index is 0.505. The molecular weight excluding hydrogens is 186 g/mol.